The summed E-state index contributed by atoms with van der Waals surface area (Å²) >= 11 is 5.65. The third kappa shape index (κ3) is 2.18. The highest BCUT2D eigenvalue weighted by atomic mass is 35.5. The Labute approximate surface area is 80.3 Å². The molecule has 13 heavy (non-hydrogen) atoms. The van der Waals surface area contributed by atoms with Crippen molar-refractivity contribution in [3.05, 3.63) is 28.5 Å². The van der Waals surface area contributed by atoms with Gasteiger partial charge in [0.25, 0.3) is 0 Å². The van der Waals surface area contributed by atoms with Crippen LogP contribution >= 0.6 is 11.6 Å². The molecule has 0 aliphatic rings. The molecule has 1 aromatic carbocycles. The number of methoxy groups -OCH3 is 1. The normalized spacial score (nSPS) is 9.77. The molecule has 0 aliphatic heterocycles. The molecule has 0 radical (unpaired) electrons. The maximum Gasteiger partial charge on any atom is 0.137 e. The van der Waals surface area contributed by atoms with Crippen molar-refractivity contribution in [2.45, 2.75) is 6.42 Å². The zero-order valence-corrected chi connectivity index (χ0v) is 7.77. The molecular weight excluding hydrogens is 195 g/mol. The summed E-state index contributed by atoms with van der Waals surface area (Å²) in [4.78, 5) is 10.2. The topological polar surface area (TPSA) is 26.3 Å². The van der Waals surface area contributed by atoms with Crippen LogP contribution in [0.5, 0.6) is 5.75 Å². The molecule has 0 bridgehead atoms. The van der Waals surface area contributed by atoms with Crippen molar-refractivity contribution in [3.63, 3.8) is 0 Å². The summed E-state index contributed by atoms with van der Waals surface area (Å²) in [6.45, 7) is 0. The van der Waals surface area contributed by atoms with Crippen LogP contribution < -0.4 is 4.74 Å². The second-order valence-electron chi connectivity index (χ2n) is 2.45. The molecule has 0 fully saturated rings. The van der Waals surface area contributed by atoms with E-state index in [4.69, 9.17) is 16.3 Å². The molecule has 0 amide bonds. The molecule has 2 nitrogen and oxygen atoms in total. The maximum absolute atomic E-state index is 13.1. The van der Waals surface area contributed by atoms with E-state index >= 15 is 0 Å². The van der Waals surface area contributed by atoms with E-state index in [1.807, 2.05) is 0 Å². The molecule has 70 valence electrons. The van der Waals surface area contributed by atoms with Gasteiger partial charge in [0, 0.05) is 6.42 Å². The number of ether oxygens (including phenoxy) is 1. The Balaban J connectivity index is 3.13. The fourth-order valence-corrected chi connectivity index (χ4v) is 1.20. The van der Waals surface area contributed by atoms with Crippen molar-refractivity contribution >= 4 is 17.9 Å². The summed E-state index contributed by atoms with van der Waals surface area (Å²) in [6.07, 6.45) is 0.658. The van der Waals surface area contributed by atoms with Gasteiger partial charge in [-0.25, -0.2) is 4.39 Å². The summed E-state index contributed by atoms with van der Waals surface area (Å²) in [6, 6.07) is 2.56. The number of halogens is 2. The molecule has 0 unspecified atom stereocenters. The molecular formula is C9H8ClFO2. The van der Waals surface area contributed by atoms with Crippen LogP contribution in [-0.4, -0.2) is 13.4 Å². The molecule has 0 heterocycles. The molecule has 1 rings (SSSR count). The van der Waals surface area contributed by atoms with Gasteiger partial charge < -0.3 is 9.53 Å². The number of hydrogen-bond acceptors (Lipinski definition) is 2. The Kier molecular flexibility index (Phi) is 3.25. The van der Waals surface area contributed by atoms with Gasteiger partial charge in [-0.15, -0.1) is 0 Å². The first-order valence-corrected chi connectivity index (χ1v) is 4.02. The molecule has 1 aromatic rings. The predicted octanol–water partition coefficient (Wildman–Crippen LogP) is 2.23. The van der Waals surface area contributed by atoms with E-state index in [-0.39, 0.29) is 17.0 Å². The van der Waals surface area contributed by atoms with E-state index in [9.17, 15) is 9.18 Å². The summed E-state index contributed by atoms with van der Waals surface area (Å²) in [7, 11) is 1.43. The lowest BCUT2D eigenvalue weighted by Crippen LogP contribution is -1.94. The Bertz CT molecular complexity index is 326. The number of carbonyl (C=O) groups is 1. The summed E-state index contributed by atoms with van der Waals surface area (Å²) in [5.41, 5.74) is 0.288. The van der Waals surface area contributed by atoms with Crippen LogP contribution in [0.1, 0.15) is 5.56 Å². The highest BCUT2D eigenvalue weighted by Gasteiger charge is 2.07. The van der Waals surface area contributed by atoms with Crippen LogP contribution in [0.15, 0.2) is 12.1 Å². The van der Waals surface area contributed by atoms with Crippen LogP contribution in [0, 0.1) is 5.82 Å². The van der Waals surface area contributed by atoms with Crippen LogP contribution in [0.3, 0.4) is 0 Å². The monoisotopic (exact) mass is 202 g/mol. The lowest BCUT2D eigenvalue weighted by atomic mass is 10.1. The minimum absolute atomic E-state index is 0.0271. The minimum Gasteiger partial charge on any atom is -0.495 e. The van der Waals surface area contributed by atoms with Gasteiger partial charge in [0.05, 0.1) is 12.1 Å². The zero-order chi connectivity index (χ0) is 9.84. The van der Waals surface area contributed by atoms with E-state index < -0.39 is 5.82 Å². The first kappa shape index (κ1) is 9.99. The highest BCUT2D eigenvalue weighted by molar-refractivity contribution is 6.32. The summed E-state index contributed by atoms with van der Waals surface area (Å²) in [5.74, 6) is -0.113. The van der Waals surface area contributed by atoms with Crippen LogP contribution in [0.2, 0.25) is 5.02 Å². The second-order valence-corrected chi connectivity index (χ2v) is 2.86. The first-order chi connectivity index (χ1) is 6.19. The molecule has 0 aliphatic carbocycles. The largest absolute Gasteiger partial charge is 0.495 e. The summed E-state index contributed by atoms with van der Waals surface area (Å²) < 4.78 is 17.9. The third-order valence-corrected chi connectivity index (χ3v) is 1.92. The molecule has 4 heteroatoms. The maximum atomic E-state index is 13.1. The Morgan fingerprint density at radius 2 is 2.31 bits per heavy atom. The van der Waals surface area contributed by atoms with E-state index in [2.05, 4.69) is 0 Å². The van der Waals surface area contributed by atoms with Gasteiger partial charge in [0.2, 0.25) is 0 Å². The van der Waals surface area contributed by atoms with E-state index in [1.165, 1.54) is 13.2 Å². The van der Waals surface area contributed by atoms with Gasteiger partial charge in [-0.1, -0.05) is 11.6 Å². The molecule has 0 atom stereocenters. The lowest BCUT2D eigenvalue weighted by molar-refractivity contribution is -0.107. The van der Waals surface area contributed by atoms with Crippen molar-refractivity contribution in [2.24, 2.45) is 0 Å². The fraction of sp³-hybridized carbons (Fsp3) is 0.222. The van der Waals surface area contributed by atoms with E-state index in [0.29, 0.717) is 12.0 Å². The minimum atomic E-state index is -0.488. The van der Waals surface area contributed by atoms with E-state index in [1.54, 1.807) is 0 Å². The molecule has 0 saturated heterocycles. The predicted molar refractivity (Wildman–Crippen MR) is 47.7 cm³/mol. The Morgan fingerprint density at radius 1 is 1.62 bits per heavy atom. The Morgan fingerprint density at radius 3 is 2.85 bits per heavy atom. The number of benzene rings is 1. The van der Waals surface area contributed by atoms with Gasteiger partial charge in [0.15, 0.2) is 0 Å². The first-order valence-electron chi connectivity index (χ1n) is 3.64. The van der Waals surface area contributed by atoms with Crippen molar-refractivity contribution in [2.75, 3.05) is 7.11 Å². The average Bonchev–Trinajstić information content (AvgIpc) is 2.10. The zero-order valence-electron chi connectivity index (χ0n) is 7.01. The van der Waals surface area contributed by atoms with Gasteiger partial charge in [-0.3, -0.25) is 0 Å². The van der Waals surface area contributed by atoms with Gasteiger partial charge in [-0.2, -0.15) is 0 Å². The van der Waals surface area contributed by atoms with Gasteiger partial charge >= 0.3 is 0 Å². The van der Waals surface area contributed by atoms with Crippen molar-refractivity contribution in [1.82, 2.24) is 0 Å². The molecule has 0 N–H and O–H groups in total. The quantitative estimate of drug-likeness (QED) is 0.703. The smallest absolute Gasteiger partial charge is 0.137 e. The van der Waals surface area contributed by atoms with Crippen LogP contribution in [0.25, 0.3) is 0 Å². The number of rotatable bonds is 3. The van der Waals surface area contributed by atoms with E-state index in [0.717, 1.165) is 6.07 Å². The Hall–Kier alpha value is -1.09. The third-order valence-electron chi connectivity index (χ3n) is 1.62. The summed E-state index contributed by atoms with van der Waals surface area (Å²) in [5, 5.41) is 0.203. The fourth-order valence-electron chi connectivity index (χ4n) is 0.974. The standard InChI is InChI=1S/C9H8ClFO2/c1-13-9-4-6(2-3-12)8(11)5-7(9)10/h3-5H,2H2,1H3. The average molecular weight is 203 g/mol. The number of carbonyl (C=O) groups excluding carboxylic acids is 1. The van der Waals surface area contributed by atoms with Crippen molar-refractivity contribution in [1.29, 1.82) is 0 Å². The van der Waals surface area contributed by atoms with Crippen molar-refractivity contribution < 1.29 is 13.9 Å². The van der Waals surface area contributed by atoms with Gasteiger partial charge in [-0.05, 0) is 17.7 Å². The second kappa shape index (κ2) is 4.23. The van der Waals surface area contributed by atoms with Crippen LogP contribution in [-0.2, 0) is 11.2 Å². The lowest BCUT2D eigenvalue weighted by Gasteiger charge is -2.05. The SMILES string of the molecule is COc1cc(CC=O)c(F)cc1Cl. The van der Waals surface area contributed by atoms with Gasteiger partial charge in [0.1, 0.15) is 17.9 Å². The number of hydrogen-bond donors (Lipinski definition) is 0. The van der Waals surface area contributed by atoms with Crippen LogP contribution in [0.4, 0.5) is 4.39 Å². The molecule has 0 spiro atoms. The molecule has 0 saturated carbocycles. The van der Waals surface area contributed by atoms with Crippen molar-refractivity contribution in [3.8, 4) is 5.75 Å². The molecule has 0 aromatic heterocycles. The number of aldehydes is 1. The highest BCUT2D eigenvalue weighted by Crippen LogP contribution is 2.27.